The third-order valence-corrected chi connectivity index (χ3v) is 9.79. The molecule has 0 atom stereocenters. The molecule has 12 rings (SSSR count). The van der Waals surface area contributed by atoms with Crippen LogP contribution >= 0.6 is 0 Å². The number of para-hydroxylation sites is 4. The third kappa shape index (κ3) is 6.38. The van der Waals surface area contributed by atoms with Crippen LogP contribution in [0.15, 0.2) is 248 Å². The molecule has 10 aromatic carbocycles. The van der Waals surface area contributed by atoms with E-state index in [0.717, 1.165) is 27.3 Å². The fourth-order valence-electron chi connectivity index (χ4n) is 7.04. The normalized spacial score (nSPS) is 19.7. The highest BCUT2D eigenvalue weighted by Crippen LogP contribution is 2.40. The first-order valence-electron chi connectivity index (χ1n) is 37.1. The summed E-state index contributed by atoms with van der Waals surface area (Å²) in [4.78, 5) is 0.427. The van der Waals surface area contributed by atoms with Crippen molar-refractivity contribution in [3.05, 3.63) is 248 Å². The van der Waals surface area contributed by atoms with Crippen LogP contribution in [0.5, 0.6) is 0 Å². The van der Waals surface area contributed by atoms with Crippen molar-refractivity contribution in [2.75, 3.05) is 4.90 Å². The summed E-state index contributed by atoms with van der Waals surface area (Å²) in [6.45, 7) is 0. The van der Waals surface area contributed by atoms with Gasteiger partial charge in [0.05, 0.1) is 72.8 Å². The van der Waals surface area contributed by atoms with Crippen LogP contribution in [0.3, 0.4) is 0 Å². The van der Waals surface area contributed by atoms with Crippen LogP contribution in [-0.4, -0.2) is 9.13 Å². The summed E-state index contributed by atoms with van der Waals surface area (Å²) in [5.74, 6) is 0. The molecule has 3 nitrogen and oxygen atoms in total. The number of rotatable bonds is 8. The molecule has 2 aromatic heterocycles. The number of hydrogen-bond acceptors (Lipinski definition) is 1. The lowest BCUT2D eigenvalue weighted by Gasteiger charge is -2.26. The van der Waals surface area contributed by atoms with Gasteiger partial charge in [-0.05, 0) is 130 Å². The molecule has 0 radical (unpaired) electrons. The molecular weight excluding hydrogens is 763 g/mol. The van der Waals surface area contributed by atoms with Gasteiger partial charge in [0, 0.05) is 50.0 Å². The molecule has 0 amide bonds. The lowest BCUT2D eigenvalue weighted by molar-refractivity contribution is 1.18. The van der Waals surface area contributed by atoms with Crippen molar-refractivity contribution in [1.82, 2.24) is 9.13 Å². The van der Waals surface area contributed by atoms with Crippen molar-refractivity contribution in [2.45, 2.75) is 0 Å². The van der Waals surface area contributed by atoms with Gasteiger partial charge in [-0.25, -0.2) is 0 Å². The molecule has 0 N–H and O–H groups in total. The second-order valence-electron chi connectivity index (χ2n) is 13.3. The standard InChI is InChI=1S/C60H41N3/c1-4-14-42(15-5-1)43-24-32-50(33-25-43)61(51-34-26-44(27-35-51)46-30-38-59-55(40-46)53-20-10-12-22-57(53)62(59)48-16-6-2-7-17-48)52-36-28-45(29-37-52)47-31-39-60-56(41-47)54-21-11-13-23-58(54)63(60)49-18-8-3-9-19-49/h1-41H/i1D,2D,3D,4D,5D,6D,7D,8D,9D,10D,11D,12D,13D,14D,15D,16D,17D,18D,20D,21D,22D,23D,24D,25D,26D,28D,30D,31D,32D,33D,34D,35D,36D,37D,39D,40D,41D. The zero-order valence-electron chi connectivity index (χ0n) is 68.7. The van der Waals surface area contributed by atoms with E-state index in [4.69, 9.17) is 30.2 Å². The van der Waals surface area contributed by atoms with Crippen LogP contribution in [0, 0.1) is 0 Å². The Morgan fingerprint density at radius 1 is 0.270 bits per heavy atom. The number of aromatic nitrogens is 2. The Morgan fingerprint density at radius 2 is 0.714 bits per heavy atom. The summed E-state index contributed by atoms with van der Waals surface area (Å²) in [6.07, 6.45) is 0. The first-order chi connectivity index (χ1) is 46.6. The van der Waals surface area contributed by atoms with Gasteiger partial charge >= 0.3 is 0 Å². The van der Waals surface area contributed by atoms with Crippen molar-refractivity contribution in [1.29, 1.82) is 0 Å². The molecule has 296 valence electrons. The SMILES string of the molecule is [2H]c1cc(-n2c3c([2H])c([2H])c([2H])c([2H])c3c3c([2H])c(-c4cc([2H])c(N(c5c([2H])cc(-c6c([2H])cc7c(c6[2H])c6c([2H])c([2H])c([2H])c([2H])c6n7-c6c([2H])c([2H])c([2H])c([2H])c6[2H])c([2H])c5[2H])c5c([2H])c([2H])c(-c6c([2H])c([2H])c([2H])c([2H])c6[2H])c([2H])c5[2H])c([2H])c4[2H])c([2H])c([2H])c32)c([2H])c([2H])c1[2H]. The van der Waals surface area contributed by atoms with Gasteiger partial charge in [0.2, 0.25) is 0 Å². The molecule has 0 spiro atoms. The lowest BCUT2D eigenvalue weighted by atomic mass is 10.0. The second-order valence-corrected chi connectivity index (χ2v) is 13.3. The Kier molecular flexibility index (Phi) is 3.61. The number of benzene rings is 10. The molecule has 0 aliphatic rings. The van der Waals surface area contributed by atoms with Crippen LogP contribution in [0.1, 0.15) is 50.7 Å². The number of anilines is 3. The average molecular weight is 841 g/mol. The summed E-state index contributed by atoms with van der Waals surface area (Å²) in [5.41, 5.74) is -10.8. The minimum atomic E-state index is -1.24. The summed E-state index contributed by atoms with van der Waals surface area (Å²) >= 11 is 0. The first-order valence-corrected chi connectivity index (χ1v) is 18.6. The topological polar surface area (TPSA) is 13.1 Å². The van der Waals surface area contributed by atoms with Gasteiger partial charge < -0.3 is 14.0 Å². The van der Waals surface area contributed by atoms with Crippen molar-refractivity contribution < 1.29 is 50.7 Å². The van der Waals surface area contributed by atoms with E-state index in [1.54, 1.807) is 0 Å². The second kappa shape index (κ2) is 15.3. The predicted molar refractivity (Wildman–Crippen MR) is 266 cm³/mol. The van der Waals surface area contributed by atoms with Gasteiger partial charge in [-0.1, -0.05) is 151 Å². The fourth-order valence-corrected chi connectivity index (χ4v) is 7.04. The van der Waals surface area contributed by atoms with Gasteiger partial charge in [-0.3, -0.25) is 0 Å². The maximum Gasteiger partial charge on any atom is 0.0645 e. The van der Waals surface area contributed by atoms with E-state index in [1.165, 1.54) is 0 Å². The van der Waals surface area contributed by atoms with E-state index in [0.29, 0.717) is 11.0 Å². The van der Waals surface area contributed by atoms with Crippen molar-refractivity contribution in [2.24, 2.45) is 0 Å². The van der Waals surface area contributed by atoms with Crippen LogP contribution in [-0.2, 0) is 0 Å². The minimum Gasteiger partial charge on any atom is -0.311 e. The molecule has 63 heavy (non-hydrogen) atoms. The van der Waals surface area contributed by atoms with Gasteiger partial charge in [0.25, 0.3) is 0 Å². The molecule has 0 aliphatic heterocycles. The molecule has 0 saturated carbocycles. The van der Waals surface area contributed by atoms with Crippen molar-refractivity contribution in [3.8, 4) is 44.8 Å². The molecule has 0 fully saturated rings. The molecule has 0 saturated heterocycles. The zero-order valence-corrected chi connectivity index (χ0v) is 31.7. The smallest absolute Gasteiger partial charge is 0.0645 e. The number of nitrogens with zero attached hydrogens (tertiary/aromatic N) is 3. The molecule has 0 aliphatic carbocycles. The quantitative estimate of drug-likeness (QED) is 0.149. The van der Waals surface area contributed by atoms with E-state index in [-0.39, 0.29) is 5.52 Å². The van der Waals surface area contributed by atoms with Crippen LogP contribution in [0.25, 0.3) is 88.4 Å². The largest absolute Gasteiger partial charge is 0.311 e. The first kappa shape index (κ1) is 14.9. The molecule has 12 aromatic rings. The Morgan fingerprint density at radius 3 is 1.37 bits per heavy atom. The van der Waals surface area contributed by atoms with Crippen LogP contribution < -0.4 is 4.90 Å². The number of fused-ring (bicyclic) bond motifs is 6. The fraction of sp³-hybridized carbons (Fsp3) is 0. The average Bonchev–Trinajstić information content (AvgIpc) is 1.50. The monoisotopic (exact) mass is 841 g/mol. The maximum atomic E-state index is 9.81. The highest BCUT2D eigenvalue weighted by Gasteiger charge is 2.17. The highest BCUT2D eigenvalue weighted by molar-refractivity contribution is 6.11. The van der Waals surface area contributed by atoms with E-state index in [9.17, 15) is 20.6 Å². The maximum absolute atomic E-state index is 9.81. The van der Waals surface area contributed by atoms with E-state index in [2.05, 4.69) is 0 Å². The summed E-state index contributed by atoms with van der Waals surface area (Å²) in [5, 5.41) is -2.01. The molecule has 0 unspecified atom stereocenters. The lowest BCUT2D eigenvalue weighted by Crippen LogP contribution is -2.09. The van der Waals surface area contributed by atoms with Gasteiger partial charge in [-0.2, -0.15) is 0 Å². The Bertz CT molecular complexity index is 5750. The molecule has 0 bridgehead atoms. The molecular formula is C60H41N3. The van der Waals surface area contributed by atoms with Gasteiger partial charge in [0.15, 0.2) is 0 Å². The Balaban J connectivity index is 1.17. The van der Waals surface area contributed by atoms with E-state index < -0.39 is 323 Å². The van der Waals surface area contributed by atoms with Crippen LogP contribution in [0.2, 0.25) is 0 Å². The summed E-state index contributed by atoms with van der Waals surface area (Å²) in [6, 6.07) is -31.5. The predicted octanol–water partition coefficient (Wildman–Crippen LogP) is 16.4. The third-order valence-electron chi connectivity index (χ3n) is 9.79. The highest BCUT2D eigenvalue weighted by atomic mass is 15.1. The zero-order chi connectivity index (χ0) is 73.9. The molecule has 3 heteroatoms. The Hall–Kier alpha value is -8.40. The summed E-state index contributed by atoms with van der Waals surface area (Å²) < 4.78 is 336. The van der Waals surface area contributed by atoms with Crippen LogP contribution in [0.4, 0.5) is 17.1 Å². The van der Waals surface area contributed by atoms with Crippen molar-refractivity contribution in [3.63, 3.8) is 0 Å². The van der Waals surface area contributed by atoms with Crippen molar-refractivity contribution >= 4 is 60.7 Å². The molecule has 2 heterocycles. The van der Waals surface area contributed by atoms with E-state index in [1.807, 2.05) is 0 Å². The Labute approximate surface area is 418 Å². The van der Waals surface area contributed by atoms with Gasteiger partial charge in [0.1, 0.15) is 0 Å². The van der Waals surface area contributed by atoms with Gasteiger partial charge in [-0.15, -0.1) is 0 Å². The summed E-state index contributed by atoms with van der Waals surface area (Å²) in [7, 11) is 0. The number of hydrogen-bond donors (Lipinski definition) is 0. The minimum absolute atomic E-state index is 0.388. The van der Waals surface area contributed by atoms with E-state index >= 15 is 0 Å².